The lowest BCUT2D eigenvalue weighted by molar-refractivity contribution is 0.0114. The topological polar surface area (TPSA) is 73.3 Å². The molecule has 1 N–H and O–H groups in total. The van der Waals surface area contributed by atoms with Crippen molar-refractivity contribution < 1.29 is 9.47 Å². The van der Waals surface area contributed by atoms with Gasteiger partial charge in [0.25, 0.3) is 5.56 Å². The van der Waals surface area contributed by atoms with Gasteiger partial charge in [-0.15, -0.1) is 0 Å². The van der Waals surface area contributed by atoms with E-state index in [1.807, 2.05) is 0 Å². The first-order valence-electron chi connectivity index (χ1n) is 7.49. The molecule has 0 unspecified atom stereocenters. The summed E-state index contributed by atoms with van der Waals surface area (Å²) in [5, 5.41) is 0. The summed E-state index contributed by atoms with van der Waals surface area (Å²) in [6, 6.07) is 7.67. The van der Waals surface area contributed by atoms with E-state index in [2.05, 4.69) is 37.0 Å². The summed E-state index contributed by atoms with van der Waals surface area (Å²) in [5.74, 6) is 0. The van der Waals surface area contributed by atoms with Crippen LogP contribution in [0.3, 0.4) is 0 Å². The highest BCUT2D eigenvalue weighted by Crippen LogP contribution is 2.09. The van der Waals surface area contributed by atoms with Gasteiger partial charge in [0.2, 0.25) is 0 Å². The van der Waals surface area contributed by atoms with Crippen molar-refractivity contribution >= 4 is 0 Å². The molecule has 2 aromatic rings. The fourth-order valence-electron chi connectivity index (χ4n) is 2.41. The second-order valence-corrected chi connectivity index (χ2v) is 5.59. The van der Waals surface area contributed by atoms with Gasteiger partial charge in [0.15, 0.2) is 0 Å². The Morgan fingerprint density at radius 1 is 0.957 bits per heavy atom. The van der Waals surface area contributed by atoms with Crippen LogP contribution in [-0.2, 0) is 22.8 Å². The number of ether oxygens (including phenoxy) is 2. The fourth-order valence-corrected chi connectivity index (χ4v) is 2.41. The normalized spacial score (nSPS) is 10.9. The molecule has 0 saturated heterocycles. The van der Waals surface area contributed by atoms with Gasteiger partial charge >= 0.3 is 5.69 Å². The zero-order chi connectivity index (χ0) is 16.8. The maximum atomic E-state index is 11.6. The third kappa shape index (κ3) is 5.19. The van der Waals surface area contributed by atoms with Crippen LogP contribution in [0.5, 0.6) is 0 Å². The Balaban J connectivity index is 1.74. The SMILES string of the molecule is Cc1cc(C)cc(COCCOCn2c(C)cc(=O)[nH]c2=O)c1. The fraction of sp³-hybridized carbons (Fsp3) is 0.412. The quantitative estimate of drug-likeness (QED) is 0.788. The number of hydrogen-bond acceptors (Lipinski definition) is 4. The molecule has 6 nitrogen and oxygen atoms in total. The lowest BCUT2D eigenvalue weighted by Crippen LogP contribution is -2.32. The second kappa shape index (κ2) is 7.89. The predicted molar refractivity (Wildman–Crippen MR) is 87.6 cm³/mol. The van der Waals surface area contributed by atoms with Crippen molar-refractivity contribution in [3.63, 3.8) is 0 Å². The molecule has 0 spiro atoms. The molecule has 0 bridgehead atoms. The Labute approximate surface area is 134 Å². The van der Waals surface area contributed by atoms with Crippen molar-refractivity contribution in [2.45, 2.75) is 34.1 Å². The zero-order valence-electron chi connectivity index (χ0n) is 13.7. The summed E-state index contributed by atoms with van der Waals surface area (Å²) >= 11 is 0. The first kappa shape index (κ1) is 17.2. The Bertz CT molecular complexity index is 757. The van der Waals surface area contributed by atoms with Crippen molar-refractivity contribution in [2.24, 2.45) is 0 Å². The van der Waals surface area contributed by atoms with Gasteiger partial charge in [-0.2, -0.15) is 0 Å². The highest BCUT2D eigenvalue weighted by atomic mass is 16.5. The molecule has 2 rings (SSSR count). The first-order chi connectivity index (χ1) is 11.0. The third-order valence-corrected chi connectivity index (χ3v) is 3.38. The van der Waals surface area contributed by atoms with Crippen molar-refractivity contribution in [1.82, 2.24) is 9.55 Å². The number of aromatic nitrogens is 2. The molecular weight excluding hydrogens is 296 g/mol. The van der Waals surface area contributed by atoms with E-state index in [9.17, 15) is 9.59 Å². The average molecular weight is 318 g/mol. The summed E-state index contributed by atoms with van der Waals surface area (Å²) in [6.45, 7) is 7.24. The monoisotopic (exact) mass is 318 g/mol. The van der Waals surface area contributed by atoms with E-state index < -0.39 is 11.2 Å². The Kier molecular flexibility index (Phi) is 5.90. The van der Waals surface area contributed by atoms with Crippen LogP contribution < -0.4 is 11.2 Å². The number of hydrogen-bond donors (Lipinski definition) is 1. The Morgan fingerprint density at radius 2 is 1.61 bits per heavy atom. The first-order valence-corrected chi connectivity index (χ1v) is 7.49. The molecule has 0 aliphatic rings. The zero-order valence-corrected chi connectivity index (χ0v) is 13.7. The number of nitrogens with one attached hydrogen (secondary N) is 1. The summed E-state index contributed by atoms with van der Waals surface area (Å²) in [7, 11) is 0. The van der Waals surface area contributed by atoms with E-state index in [1.54, 1.807) is 6.92 Å². The van der Waals surface area contributed by atoms with Crippen LogP contribution in [0, 0.1) is 20.8 Å². The number of aryl methyl sites for hydroxylation is 3. The molecule has 1 heterocycles. The highest BCUT2D eigenvalue weighted by Gasteiger charge is 2.02. The van der Waals surface area contributed by atoms with Crippen molar-refractivity contribution in [3.05, 3.63) is 67.5 Å². The molecule has 23 heavy (non-hydrogen) atoms. The molecule has 0 saturated carbocycles. The summed E-state index contributed by atoms with van der Waals surface area (Å²) in [6.07, 6.45) is 0. The minimum Gasteiger partial charge on any atom is -0.374 e. The Hall–Kier alpha value is -2.18. The average Bonchev–Trinajstić information content (AvgIpc) is 2.43. The lowest BCUT2D eigenvalue weighted by Gasteiger charge is -2.10. The number of rotatable bonds is 7. The van der Waals surface area contributed by atoms with Gasteiger partial charge in [0.1, 0.15) is 6.73 Å². The maximum absolute atomic E-state index is 11.6. The molecule has 0 radical (unpaired) electrons. The van der Waals surface area contributed by atoms with Crippen molar-refractivity contribution in [1.29, 1.82) is 0 Å². The van der Waals surface area contributed by atoms with Gasteiger partial charge in [-0.1, -0.05) is 29.3 Å². The van der Waals surface area contributed by atoms with E-state index in [0.29, 0.717) is 25.5 Å². The molecule has 0 atom stereocenters. The molecule has 1 aromatic carbocycles. The van der Waals surface area contributed by atoms with Crippen LogP contribution in [-0.4, -0.2) is 22.8 Å². The van der Waals surface area contributed by atoms with Gasteiger partial charge < -0.3 is 9.47 Å². The minimum absolute atomic E-state index is 0.0916. The number of aromatic amines is 1. The van der Waals surface area contributed by atoms with Crippen molar-refractivity contribution in [2.75, 3.05) is 13.2 Å². The molecule has 0 amide bonds. The van der Waals surface area contributed by atoms with E-state index in [0.717, 1.165) is 5.56 Å². The summed E-state index contributed by atoms with van der Waals surface area (Å²) < 4.78 is 12.4. The largest absolute Gasteiger partial charge is 0.374 e. The van der Waals surface area contributed by atoms with Crippen LogP contribution in [0.15, 0.2) is 33.9 Å². The van der Waals surface area contributed by atoms with E-state index >= 15 is 0 Å². The summed E-state index contributed by atoms with van der Waals surface area (Å²) in [5.41, 5.74) is 3.26. The standard InChI is InChI=1S/C17H22N2O4/c1-12-6-13(2)8-15(7-12)10-22-4-5-23-11-19-14(3)9-16(20)18-17(19)21/h6-9H,4-5,10-11H2,1-3H3,(H,18,20,21). The van der Waals surface area contributed by atoms with Crippen LogP contribution in [0.1, 0.15) is 22.4 Å². The third-order valence-electron chi connectivity index (χ3n) is 3.38. The van der Waals surface area contributed by atoms with Gasteiger partial charge in [-0.25, -0.2) is 4.79 Å². The Morgan fingerprint density at radius 3 is 2.26 bits per heavy atom. The van der Waals surface area contributed by atoms with Gasteiger partial charge in [0, 0.05) is 11.8 Å². The maximum Gasteiger partial charge on any atom is 0.330 e. The van der Waals surface area contributed by atoms with Gasteiger partial charge in [-0.05, 0) is 26.3 Å². The van der Waals surface area contributed by atoms with E-state index in [1.165, 1.54) is 21.8 Å². The molecule has 1 aromatic heterocycles. The van der Waals surface area contributed by atoms with Crippen LogP contribution in [0.4, 0.5) is 0 Å². The van der Waals surface area contributed by atoms with Crippen LogP contribution in [0.2, 0.25) is 0 Å². The number of nitrogens with zero attached hydrogens (tertiary/aromatic N) is 1. The van der Waals surface area contributed by atoms with Gasteiger partial charge in [-0.3, -0.25) is 14.3 Å². The van der Waals surface area contributed by atoms with Crippen LogP contribution in [0.25, 0.3) is 0 Å². The number of benzene rings is 1. The molecule has 0 fully saturated rings. The summed E-state index contributed by atoms with van der Waals surface area (Å²) in [4.78, 5) is 25.0. The number of H-pyrrole nitrogens is 1. The molecule has 0 aliphatic carbocycles. The second-order valence-electron chi connectivity index (χ2n) is 5.59. The van der Waals surface area contributed by atoms with E-state index in [-0.39, 0.29) is 6.73 Å². The molecule has 0 aliphatic heterocycles. The van der Waals surface area contributed by atoms with Crippen LogP contribution >= 0.6 is 0 Å². The smallest absolute Gasteiger partial charge is 0.330 e. The van der Waals surface area contributed by atoms with Crippen molar-refractivity contribution in [3.8, 4) is 0 Å². The minimum atomic E-state index is -0.467. The molecule has 124 valence electrons. The van der Waals surface area contributed by atoms with E-state index in [4.69, 9.17) is 9.47 Å². The predicted octanol–water partition coefficient (Wildman–Crippen LogP) is 1.65. The van der Waals surface area contributed by atoms with Gasteiger partial charge in [0.05, 0.1) is 19.8 Å². The molecule has 6 heteroatoms. The lowest BCUT2D eigenvalue weighted by atomic mass is 10.1. The molecular formula is C17H22N2O4. The highest BCUT2D eigenvalue weighted by molar-refractivity contribution is 5.27.